The molecule has 0 aromatic heterocycles. The molecule has 0 heterocycles. The highest BCUT2D eigenvalue weighted by Gasteiger charge is 2.64. The molecule has 0 saturated heterocycles. The highest BCUT2D eigenvalue weighted by Crippen LogP contribution is 2.68. The van der Waals surface area contributed by atoms with Crippen molar-refractivity contribution in [2.75, 3.05) is 0 Å². The van der Waals surface area contributed by atoms with Crippen molar-refractivity contribution in [3.63, 3.8) is 0 Å². The molecule has 0 aromatic rings. The van der Waals surface area contributed by atoms with Gasteiger partial charge in [0.05, 0.1) is 12.2 Å². The first kappa shape index (κ1) is 17.0. The fourth-order valence-electron chi connectivity index (χ4n) is 6.98. The Morgan fingerprint density at radius 2 is 1.88 bits per heavy atom. The molecule has 1 N–H and O–H groups in total. The van der Waals surface area contributed by atoms with Crippen LogP contribution in [0.3, 0.4) is 0 Å². The van der Waals surface area contributed by atoms with Gasteiger partial charge in [-0.2, -0.15) is 0 Å². The van der Waals surface area contributed by atoms with Crippen LogP contribution in [0.1, 0.15) is 72.1 Å². The molecule has 0 aliphatic heterocycles. The van der Waals surface area contributed by atoms with Crippen LogP contribution in [0, 0.1) is 29.2 Å². The van der Waals surface area contributed by atoms with E-state index in [4.69, 9.17) is 6.57 Å². The van der Waals surface area contributed by atoms with Crippen LogP contribution in [0.2, 0.25) is 0 Å². The van der Waals surface area contributed by atoms with Crippen molar-refractivity contribution in [2.45, 2.75) is 77.7 Å². The van der Waals surface area contributed by atoms with Crippen LogP contribution in [0.4, 0.5) is 0 Å². The number of hydrogen-bond acceptors (Lipinski definition) is 2. The number of carbonyl (C=O) groups excluding carboxylic acids is 1. The number of hydrogen-bond donors (Lipinski definition) is 1. The molecule has 3 saturated carbocycles. The molecule has 3 fully saturated rings. The van der Waals surface area contributed by atoms with Crippen LogP contribution >= 0.6 is 0 Å². The Bertz CT molecular complexity index is 742. The SMILES string of the molecule is [C-]#[N+]C(C)=C1CC[C@H]2[C@@H]3CCC4=CC(=O)CC[C@]4(C)[C@@]3(O)CC[C@]12C. The molecule has 3 heteroatoms. The summed E-state index contributed by atoms with van der Waals surface area (Å²) >= 11 is 0. The number of fused-ring (bicyclic) bond motifs is 5. The lowest BCUT2D eigenvalue weighted by Crippen LogP contribution is -2.62. The number of allylic oxidation sites excluding steroid dienone is 2. The van der Waals surface area contributed by atoms with E-state index >= 15 is 0 Å². The zero-order valence-corrected chi connectivity index (χ0v) is 15.7. The molecule has 0 unspecified atom stereocenters. The topological polar surface area (TPSA) is 41.7 Å². The molecule has 4 aliphatic carbocycles. The fraction of sp³-hybridized carbons (Fsp3) is 0.727. The van der Waals surface area contributed by atoms with Gasteiger partial charge < -0.3 is 5.11 Å². The van der Waals surface area contributed by atoms with Gasteiger partial charge in [0.2, 0.25) is 0 Å². The Kier molecular flexibility index (Phi) is 3.61. The van der Waals surface area contributed by atoms with Crippen LogP contribution in [0.25, 0.3) is 4.85 Å². The molecule has 0 spiro atoms. The second-order valence-electron chi connectivity index (χ2n) is 9.28. The van der Waals surface area contributed by atoms with Gasteiger partial charge in [0.15, 0.2) is 11.5 Å². The van der Waals surface area contributed by atoms with Crippen molar-refractivity contribution in [1.82, 2.24) is 0 Å². The van der Waals surface area contributed by atoms with Crippen molar-refractivity contribution >= 4 is 5.78 Å². The minimum Gasteiger partial charge on any atom is -0.389 e. The Labute approximate surface area is 151 Å². The van der Waals surface area contributed by atoms with E-state index in [1.54, 1.807) is 0 Å². The average molecular weight is 339 g/mol. The van der Waals surface area contributed by atoms with Crippen LogP contribution in [-0.4, -0.2) is 16.5 Å². The van der Waals surface area contributed by atoms with E-state index in [2.05, 4.69) is 18.7 Å². The summed E-state index contributed by atoms with van der Waals surface area (Å²) in [5, 5.41) is 11.9. The molecule has 0 radical (unpaired) electrons. The molecule has 3 nitrogen and oxygen atoms in total. The van der Waals surface area contributed by atoms with Crippen LogP contribution in [-0.2, 0) is 4.79 Å². The third kappa shape index (κ3) is 2.04. The van der Waals surface area contributed by atoms with Gasteiger partial charge in [0.25, 0.3) is 0 Å². The quantitative estimate of drug-likeness (QED) is 0.643. The Balaban J connectivity index is 1.76. The van der Waals surface area contributed by atoms with Gasteiger partial charge in [-0.3, -0.25) is 4.79 Å². The molecule has 134 valence electrons. The van der Waals surface area contributed by atoms with Crippen molar-refractivity contribution in [2.24, 2.45) is 22.7 Å². The van der Waals surface area contributed by atoms with Gasteiger partial charge in [-0.15, -0.1) is 0 Å². The maximum Gasteiger partial charge on any atom is 0.162 e. The summed E-state index contributed by atoms with van der Waals surface area (Å²) < 4.78 is 0. The molecule has 4 rings (SSSR count). The van der Waals surface area contributed by atoms with E-state index in [1.807, 2.05) is 13.0 Å². The van der Waals surface area contributed by atoms with Crippen molar-refractivity contribution in [1.29, 1.82) is 0 Å². The maximum atomic E-state index is 11.9. The van der Waals surface area contributed by atoms with E-state index in [9.17, 15) is 9.90 Å². The fourth-order valence-corrected chi connectivity index (χ4v) is 6.98. The lowest BCUT2D eigenvalue weighted by molar-refractivity contribution is -0.183. The minimum absolute atomic E-state index is 0.0770. The lowest BCUT2D eigenvalue weighted by Gasteiger charge is -2.62. The van der Waals surface area contributed by atoms with E-state index in [1.165, 1.54) is 11.1 Å². The predicted molar refractivity (Wildman–Crippen MR) is 97.5 cm³/mol. The largest absolute Gasteiger partial charge is 0.389 e. The summed E-state index contributed by atoms with van der Waals surface area (Å²) in [6.07, 6.45) is 8.99. The van der Waals surface area contributed by atoms with Gasteiger partial charge >= 0.3 is 0 Å². The van der Waals surface area contributed by atoms with E-state index in [0.717, 1.165) is 50.6 Å². The zero-order chi connectivity index (χ0) is 18.0. The van der Waals surface area contributed by atoms with Crippen molar-refractivity contribution < 1.29 is 9.90 Å². The molecule has 4 aliphatic rings. The maximum absolute atomic E-state index is 11.9. The number of aliphatic hydroxyl groups is 1. The van der Waals surface area contributed by atoms with Crippen molar-refractivity contribution in [3.05, 3.63) is 34.3 Å². The summed E-state index contributed by atoms with van der Waals surface area (Å²) in [5.74, 6) is 0.987. The number of ketones is 1. The molecule has 5 atom stereocenters. The molecular formula is C22H29NO2. The van der Waals surface area contributed by atoms with Gasteiger partial charge in [-0.25, -0.2) is 4.85 Å². The number of nitrogens with zero attached hydrogens (tertiary/aromatic N) is 1. The first-order chi connectivity index (χ1) is 11.8. The van der Waals surface area contributed by atoms with Crippen molar-refractivity contribution in [3.8, 4) is 0 Å². The first-order valence-corrected chi connectivity index (χ1v) is 9.80. The summed E-state index contributed by atoms with van der Waals surface area (Å²) in [6, 6.07) is 0. The van der Waals surface area contributed by atoms with E-state index in [0.29, 0.717) is 12.3 Å². The van der Waals surface area contributed by atoms with Gasteiger partial charge in [-0.1, -0.05) is 25.0 Å². The predicted octanol–water partition coefficient (Wildman–Crippen LogP) is 4.83. The summed E-state index contributed by atoms with van der Waals surface area (Å²) in [5.41, 5.74) is 2.56. The molecular weight excluding hydrogens is 310 g/mol. The van der Waals surface area contributed by atoms with Crippen LogP contribution < -0.4 is 0 Å². The van der Waals surface area contributed by atoms with E-state index in [-0.39, 0.29) is 22.5 Å². The monoisotopic (exact) mass is 339 g/mol. The van der Waals surface area contributed by atoms with Gasteiger partial charge in [0.1, 0.15) is 0 Å². The molecule has 0 aromatic carbocycles. The van der Waals surface area contributed by atoms with E-state index < -0.39 is 5.60 Å². The van der Waals surface area contributed by atoms with Crippen LogP contribution in [0.15, 0.2) is 22.9 Å². The molecule has 0 bridgehead atoms. The summed E-state index contributed by atoms with van der Waals surface area (Å²) in [4.78, 5) is 15.7. The number of carbonyl (C=O) groups is 1. The smallest absolute Gasteiger partial charge is 0.162 e. The minimum atomic E-state index is -0.691. The first-order valence-electron chi connectivity index (χ1n) is 9.80. The Hall–Kier alpha value is -1.40. The number of rotatable bonds is 0. The normalized spacial score (nSPS) is 48.0. The Morgan fingerprint density at radius 1 is 1.16 bits per heavy atom. The lowest BCUT2D eigenvalue weighted by atomic mass is 9.45. The third-order valence-corrected chi connectivity index (χ3v) is 8.54. The summed E-state index contributed by atoms with van der Waals surface area (Å²) in [7, 11) is 0. The van der Waals surface area contributed by atoms with Gasteiger partial charge in [0, 0.05) is 11.8 Å². The summed E-state index contributed by atoms with van der Waals surface area (Å²) in [6.45, 7) is 13.9. The second-order valence-corrected chi connectivity index (χ2v) is 9.28. The zero-order valence-electron chi connectivity index (χ0n) is 15.7. The average Bonchev–Trinajstić information content (AvgIpc) is 2.93. The third-order valence-electron chi connectivity index (χ3n) is 8.54. The highest BCUT2D eigenvalue weighted by molar-refractivity contribution is 5.91. The standard InChI is InChI=1S/C22H29NO2/c1-14(23-4)17-7-8-18-19-6-5-15-13-16(24)9-10-21(15,3)22(19,25)12-11-20(17,18)2/h13,18-19,25H,5-12H2,1-3H3/t18-,19-,20+,21-,22+/m0/s1. The molecule has 25 heavy (non-hydrogen) atoms. The van der Waals surface area contributed by atoms with Gasteiger partial charge in [-0.05, 0) is 75.2 Å². The Morgan fingerprint density at radius 3 is 2.60 bits per heavy atom. The molecule has 0 amide bonds. The highest BCUT2D eigenvalue weighted by atomic mass is 16.3. The van der Waals surface area contributed by atoms with Crippen LogP contribution in [0.5, 0.6) is 0 Å². The second kappa shape index (κ2) is 5.30.